The molecule has 4 rings (SSSR count). The van der Waals surface area contributed by atoms with Crippen LogP contribution in [0.25, 0.3) is 0 Å². The third-order valence-corrected chi connectivity index (χ3v) is 7.96. The van der Waals surface area contributed by atoms with Gasteiger partial charge in [-0.2, -0.15) is 4.31 Å². The number of hydrogen-bond donors (Lipinski definition) is 0. The van der Waals surface area contributed by atoms with Gasteiger partial charge in [0.1, 0.15) is 17.4 Å². The number of aryl methyl sites for hydroxylation is 1. The summed E-state index contributed by atoms with van der Waals surface area (Å²) in [5.41, 5.74) is 2.15. The Hall–Kier alpha value is -1.57. The van der Waals surface area contributed by atoms with Crippen LogP contribution in [0.4, 0.5) is 0 Å². The summed E-state index contributed by atoms with van der Waals surface area (Å²) in [7, 11) is -3.44. The van der Waals surface area contributed by atoms with Crippen molar-refractivity contribution in [3.05, 3.63) is 40.3 Å². The molecule has 1 aromatic heterocycles. The monoisotopic (exact) mass is 365 g/mol. The lowest BCUT2D eigenvalue weighted by atomic mass is 10.00. The fraction of sp³-hybridized carbons (Fsp3) is 0.412. The number of sulfonamides is 1. The second-order valence-corrected chi connectivity index (χ2v) is 9.26. The summed E-state index contributed by atoms with van der Waals surface area (Å²) >= 11 is 1.36. The molecule has 7 heteroatoms. The number of benzene rings is 1. The number of fused-ring (bicyclic) bond motifs is 2. The summed E-state index contributed by atoms with van der Waals surface area (Å²) < 4.78 is 39.0. The van der Waals surface area contributed by atoms with Crippen LogP contribution in [0.2, 0.25) is 0 Å². The van der Waals surface area contributed by atoms with Gasteiger partial charge in [-0.15, -0.1) is 11.3 Å². The van der Waals surface area contributed by atoms with Crippen molar-refractivity contribution in [3.8, 4) is 11.5 Å². The maximum Gasteiger partial charge on any atom is 0.252 e. The van der Waals surface area contributed by atoms with Crippen molar-refractivity contribution in [1.29, 1.82) is 0 Å². The molecule has 24 heavy (non-hydrogen) atoms. The van der Waals surface area contributed by atoms with Crippen molar-refractivity contribution in [2.45, 2.75) is 30.5 Å². The molecule has 1 aromatic carbocycles. The van der Waals surface area contributed by atoms with Crippen LogP contribution in [0.15, 0.2) is 28.5 Å². The maximum absolute atomic E-state index is 12.9. The summed E-state index contributed by atoms with van der Waals surface area (Å²) in [5.74, 6) is 1.48. The van der Waals surface area contributed by atoms with Crippen LogP contribution in [0.5, 0.6) is 11.5 Å². The predicted molar refractivity (Wildman–Crippen MR) is 92.4 cm³/mol. The average Bonchev–Trinajstić information content (AvgIpc) is 3.09. The molecule has 0 unspecified atom stereocenters. The van der Waals surface area contributed by atoms with E-state index < -0.39 is 10.0 Å². The topological polar surface area (TPSA) is 55.8 Å². The molecule has 0 spiro atoms. The molecular weight excluding hydrogens is 346 g/mol. The first-order valence-corrected chi connectivity index (χ1v) is 10.3. The standard InChI is InChI=1S/C17H19NO4S2/c1-2-14-3-4-17(23-14)24(19,20)18-6-5-12-9-15-16(10-13(12)11-18)22-8-7-21-15/h3-4,9-10H,2,5-8,11H2,1H3. The van der Waals surface area contributed by atoms with Gasteiger partial charge in [-0.3, -0.25) is 0 Å². The molecular formula is C17H19NO4S2. The lowest BCUT2D eigenvalue weighted by Gasteiger charge is -2.29. The van der Waals surface area contributed by atoms with Crippen LogP contribution in [0, 0.1) is 0 Å². The lowest BCUT2D eigenvalue weighted by Crippen LogP contribution is -2.35. The minimum atomic E-state index is -3.44. The van der Waals surface area contributed by atoms with E-state index in [0.29, 0.717) is 42.7 Å². The predicted octanol–water partition coefficient (Wildman–Crippen LogP) is 2.83. The zero-order valence-corrected chi connectivity index (χ0v) is 15.1. The summed E-state index contributed by atoms with van der Waals surface area (Å²) in [6.07, 6.45) is 1.55. The SMILES string of the molecule is CCc1ccc(S(=O)(=O)N2CCc3cc4c(cc3C2)OCCO4)s1. The molecule has 5 nitrogen and oxygen atoms in total. The molecule has 0 amide bonds. The van der Waals surface area contributed by atoms with Crippen LogP contribution in [-0.4, -0.2) is 32.5 Å². The molecule has 0 atom stereocenters. The fourth-order valence-electron chi connectivity index (χ4n) is 3.09. The summed E-state index contributed by atoms with van der Waals surface area (Å²) in [6.45, 7) is 4.00. The lowest BCUT2D eigenvalue weighted by molar-refractivity contribution is 0.171. The Bertz CT molecular complexity index is 873. The minimum Gasteiger partial charge on any atom is -0.486 e. The molecule has 128 valence electrons. The highest BCUT2D eigenvalue weighted by atomic mass is 32.2. The van der Waals surface area contributed by atoms with Crippen LogP contribution in [0.1, 0.15) is 22.9 Å². The van der Waals surface area contributed by atoms with E-state index in [1.807, 2.05) is 25.1 Å². The number of hydrogen-bond acceptors (Lipinski definition) is 5. The number of thiophene rings is 1. The zero-order chi connectivity index (χ0) is 16.7. The molecule has 2 aliphatic rings. The van der Waals surface area contributed by atoms with Crippen molar-refractivity contribution < 1.29 is 17.9 Å². The van der Waals surface area contributed by atoms with Gasteiger partial charge < -0.3 is 9.47 Å². The molecule has 2 aromatic rings. The zero-order valence-electron chi connectivity index (χ0n) is 13.4. The van der Waals surface area contributed by atoms with Gasteiger partial charge >= 0.3 is 0 Å². The second kappa shape index (κ2) is 6.06. The molecule has 0 fully saturated rings. The highest BCUT2D eigenvalue weighted by molar-refractivity contribution is 7.91. The van der Waals surface area contributed by atoms with Crippen molar-refractivity contribution in [1.82, 2.24) is 4.31 Å². The third-order valence-electron chi connectivity index (χ3n) is 4.42. The first-order valence-electron chi connectivity index (χ1n) is 8.08. The van der Waals surface area contributed by atoms with Crippen molar-refractivity contribution in [3.63, 3.8) is 0 Å². The van der Waals surface area contributed by atoms with Gasteiger partial charge in [-0.1, -0.05) is 6.92 Å². The van der Waals surface area contributed by atoms with E-state index in [9.17, 15) is 8.42 Å². The Morgan fingerprint density at radius 2 is 1.83 bits per heavy atom. The van der Waals surface area contributed by atoms with E-state index in [0.717, 1.165) is 28.2 Å². The smallest absolute Gasteiger partial charge is 0.252 e. The summed E-state index contributed by atoms with van der Waals surface area (Å²) in [4.78, 5) is 1.09. The molecule has 0 saturated heterocycles. The Kier molecular flexibility index (Phi) is 4.02. The van der Waals surface area contributed by atoms with Gasteiger partial charge in [-0.25, -0.2) is 8.42 Å². The maximum atomic E-state index is 12.9. The molecule has 0 bridgehead atoms. The Morgan fingerprint density at radius 3 is 2.50 bits per heavy atom. The number of ether oxygens (including phenoxy) is 2. The summed E-state index contributed by atoms with van der Waals surface area (Å²) in [6, 6.07) is 7.54. The Morgan fingerprint density at radius 1 is 1.12 bits per heavy atom. The van der Waals surface area contributed by atoms with Crippen LogP contribution in [-0.2, 0) is 29.4 Å². The highest BCUT2D eigenvalue weighted by Gasteiger charge is 2.30. The highest BCUT2D eigenvalue weighted by Crippen LogP contribution is 2.37. The Labute approximate surface area is 145 Å². The van der Waals surface area contributed by atoms with E-state index in [-0.39, 0.29) is 0 Å². The molecule has 2 aliphatic heterocycles. The van der Waals surface area contributed by atoms with E-state index >= 15 is 0 Å². The Balaban J connectivity index is 1.63. The summed E-state index contributed by atoms with van der Waals surface area (Å²) in [5, 5.41) is 0. The van der Waals surface area contributed by atoms with Gasteiger partial charge in [0.15, 0.2) is 11.5 Å². The minimum absolute atomic E-state index is 0.383. The van der Waals surface area contributed by atoms with E-state index in [1.54, 1.807) is 10.4 Å². The second-order valence-electron chi connectivity index (χ2n) is 5.93. The van der Waals surface area contributed by atoms with Gasteiger partial charge in [0.2, 0.25) is 0 Å². The molecule has 0 aliphatic carbocycles. The van der Waals surface area contributed by atoms with Crippen molar-refractivity contribution in [2.24, 2.45) is 0 Å². The van der Waals surface area contributed by atoms with Crippen LogP contribution < -0.4 is 9.47 Å². The molecule has 0 saturated carbocycles. The average molecular weight is 365 g/mol. The quantitative estimate of drug-likeness (QED) is 0.839. The van der Waals surface area contributed by atoms with E-state index in [2.05, 4.69) is 0 Å². The third kappa shape index (κ3) is 2.70. The first-order chi connectivity index (χ1) is 11.6. The molecule has 3 heterocycles. The molecule has 0 radical (unpaired) electrons. The number of nitrogens with zero attached hydrogens (tertiary/aromatic N) is 1. The first kappa shape index (κ1) is 15.9. The van der Waals surface area contributed by atoms with Gasteiger partial charge in [0, 0.05) is 18.0 Å². The fourth-order valence-corrected chi connectivity index (χ4v) is 5.96. The number of rotatable bonds is 3. The van der Waals surface area contributed by atoms with E-state index in [4.69, 9.17) is 9.47 Å². The normalized spacial score (nSPS) is 17.5. The van der Waals surface area contributed by atoms with Crippen LogP contribution in [0.3, 0.4) is 0 Å². The van der Waals surface area contributed by atoms with Gasteiger partial charge in [-0.05, 0) is 48.2 Å². The van der Waals surface area contributed by atoms with Crippen LogP contribution >= 0.6 is 11.3 Å². The van der Waals surface area contributed by atoms with E-state index in [1.165, 1.54) is 11.3 Å². The largest absolute Gasteiger partial charge is 0.486 e. The van der Waals surface area contributed by atoms with Crippen molar-refractivity contribution >= 4 is 21.4 Å². The van der Waals surface area contributed by atoms with Crippen molar-refractivity contribution in [2.75, 3.05) is 19.8 Å². The van der Waals surface area contributed by atoms with Gasteiger partial charge in [0.25, 0.3) is 10.0 Å². The molecule has 0 N–H and O–H groups in total. The van der Waals surface area contributed by atoms with Gasteiger partial charge in [0.05, 0.1) is 0 Å².